The molecule has 308 valence electrons. The Hall–Kier alpha value is -7.94. The lowest BCUT2D eigenvalue weighted by Gasteiger charge is -2.29. The number of fused-ring (bicyclic) bond motifs is 7. The summed E-state index contributed by atoms with van der Waals surface area (Å²) in [4.78, 5) is 2.38. The van der Waals surface area contributed by atoms with Crippen molar-refractivity contribution in [2.24, 2.45) is 0 Å². The van der Waals surface area contributed by atoms with E-state index in [1.54, 1.807) is 0 Å². The van der Waals surface area contributed by atoms with E-state index in [2.05, 4.69) is 238 Å². The monoisotopic (exact) mass is 822 g/mol. The molecule has 9 aromatic rings. The van der Waals surface area contributed by atoms with Crippen molar-refractivity contribution in [3.63, 3.8) is 0 Å². The van der Waals surface area contributed by atoms with Crippen LogP contribution in [0.2, 0.25) is 0 Å². The molecule has 0 amide bonds. The van der Waals surface area contributed by atoms with Crippen LogP contribution < -0.4 is 4.90 Å². The highest BCUT2D eigenvalue weighted by molar-refractivity contribution is 6.20. The molecule has 0 fully saturated rings. The molecular formula is C62H50N2. The maximum atomic E-state index is 4.26. The van der Waals surface area contributed by atoms with Crippen LogP contribution >= 0.6 is 0 Å². The number of allylic oxidation sites excluding steroid dienone is 9. The predicted molar refractivity (Wildman–Crippen MR) is 277 cm³/mol. The minimum absolute atomic E-state index is 0.219. The molecule has 2 nitrogen and oxygen atoms in total. The first-order chi connectivity index (χ1) is 31.4. The lowest BCUT2D eigenvalue weighted by atomic mass is 9.81. The van der Waals surface area contributed by atoms with Crippen molar-refractivity contribution in [3.8, 4) is 33.5 Å². The third kappa shape index (κ3) is 6.50. The van der Waals surface area contributed by atoms with Gasteiger partial charge in [-0.2, -0.15) is 0 Å². The number of para-hydroxylation sites is 1. The number of anilines is 3. The summed E-state index contributed by atoms with van der Waals surface area (Å²) in [6, 6.07) is 64.4. The van der Waals surface area contributed by atoms with Gasteiger partial charge in [-0.15, -0.1) is 0 Å². The largest absolute Gasteiger partial charge is 0.310 e. The molecule has 2 aromatic heterocycles. The van der Waals surface area contributed by atoms with Crippen molar-refractivity contribution in [1.82, 2.24) is 4.40 Å². The summed E-state index contributed by atoms with van der Waals surface area (Å²) in [5.74, 6) is 0. The molecular weight excluding hydrogens is 773 g/mol. The Labute approximate surface area is 377 Å². The molecule has 2 heteroatoms. The van der Waals surface area contributed by atoms with Gasteiger partial charge in [0.1, 0.15) is 0 Å². The third-order valence-corrected chi connectivity index (χ3v) is 13.0. The number of hydrogen-bond acceptors (Lipinski definition) is 1. The lowest BCUT2D eigenvalue weighted by Crippen LogP contribution is -2.17. The van der Waals surface area contributed by atoms with Crippen molar-refractivity contribution in [3.05, 3.63) is 254 Å². The summed E-state index contributed by atoms with van der Waals surface area (Å²) in [6.45, 7) is 19.0. The number of pyridine rings is 1. The first-order valence-corrected chi connectivity index (χ1v) is 22.1. The molecule has 0 aliphatic heterocycles. The SMILES string of the molecule is C=C/C=C(\C=C)c1ccc(N(c2ccc(-c3c(-c4ccccc4)c4c5ccccc5c5ccccc5n4c3-c3ccccc3)cc2)c2ccc3c(c2)C(C)(C)C(C=C)=C3/C=C\C)cc1. The third-order valence-electron chi connectivity index (χ3n) is 13.0. The predicted octanol–water partition coefficient (Wildman–Crippen LogP) is 17.3. The second kappa shape index (κ2) is 16.4. The van der Waals surface area contributed by atoms with Gasteiger partial charge < -0.3 is 9.30 Å². The molecule has 0 atom stereocenters. The van der Waals surface area contributed by atoms with E-state index in [0.717, 1.165) is 39.3 Å². The standard InChI is InChI=1S/C62H50N2/c1-7-21-42(9-3)43-31-35-47(36-32-43)63(49-39-40-52-51(22-8-2)55(10-4)62(5,6)56(52)41-49)48-37-33-45(34-38-48)58-59(44-23-13-11-14-24-44)61-54-29-18-17-27-50(54)53-28-19-20-30-57(53)64(61)60(58)46-25-15-12-16-26-46/h7-41H,1,3-4H2,2,5-6H3/b22-8-,42-21+. The second-order valence-electron chi connectivity index (χ2n) is 17.0. The Morgan fingerprint density at radius 2 is 1.16 bits per heavy atom. The van der Waals surface area contributed by atoms with Crippen LogP contribution in [0.1, 0.15) is 37.5 Å². The Bertz CT molecular complexity index is 3260. The van der Waals surface area contributed by atoms with Gasteiger partial charge in [0.25, 0.3) is 0 Å². The van der Waals surface area contributed by atoms with Crippen molar-refractivity contribution < 1.29 is 0 Å². The van der Waals surface area contributed by atoms with Gasteiger partial charge in [-0.1, -0.05) is 204 Å². The van der Waals surface area contributed by atoms with Gasteiger partial charge in [-0.3, -0.25) is 0 Å². The quantitative estimate of drug-likeness (QED) is 0.0931. The molecule has 7 aromatic carbocycles. The maximum absolute atomic E-state index is 4.26. The highest BCUT2D eigenvalue weighted by atomic mass is 15.1. The topological polar surface area (TPSA) is 7.65 Å². The Morgan fingerprint density at radius 1 is 0.578 bits per heavy atom. The molecule has 64 heavy (non-hydrogen) atoms. The van der Waals surface area contributed by atoms with E-state index in [1.807, 2.05) is 24.3 Å². The summed E-state index contributed by atoms with van der Waals surface area (Å²) < 4.78 is 2.52. The Kier molecular flexibility index (Phi) is 10.3. The molecule has 0 bridgehead atoms. The van der Waals surface area contributed by atoms with Gasteiger partial charge >= 0.3 is 0 Å². The van der Waals surface area contributed by atoms with Crippen molar-refractivity contribution in [2.75, 3.05) is 4.90 Å². The van der Waals surface area contributed by atoms with Gasteiger partial charge in [-0.25, -0.2) is 0 Å². The summed E-state index contributed by atoms with van der Waals surface area (Å²) in [5.41, 5.74) is 19.6. The van der Waals surface area contributed by atoms with E-state index in [9.17, 15) is 0 Å². The average Bonchev–Trinajstić information content (AvgIpc) is 3.81. The van der Waals surface area contributed by atoms with Crippen molar-refractivity contribution in [2.45, 2.75) is 26.2 Å². The highest BCUT2D eigenvalue weighted by Crippen LogP contribution is 2.51. The summed E-state index contributed by atoms with van der Waals surface area (Å²) in [7, 11) is 0. The minimum Gasteiger partial charge on any atom is -0.310 e. The van der Waals surface area contributed by atoms with E-state index >= 15 is 0 Å². The van der Waals surface area contributed by atoms with Crippen LogP contribution in [0.3, 0.4) is 0 Å². The van der Waals surface area contributed by atoms with Crippen LogP contribution in [0.5, 0.6) is 0 Å². The van der Waals surface area contributed by atoms with E-state index in [-0.39, 0.29) is 5.41 Å². The Morgan fingerprint density at radius 3 is 1.80 bits per heavy atom. The average molecular weight is 823 g/mol. The molecule has 10 rings (SSSR count). The van der Waals surface area contributed by atoms with E-state index in [1.165, 1.54) is 71.8 Å². The zero-order valence-corrected chi connectivity index (χ0v) is 36.7. The summed E-state index contributed by atoms with van der Waals surface area (Å²) in [6.07, 6.45) is 12.1. The number of aromatic nitrogens is 1. The van der Waals surface area contributed by atoms with Crippen LogP contribution in [0.25, 0.3) is 71.8 Å². The van der Waals surface area contributed by atoms with Crippen LogP contribution in [0.15, 0.2) is 238 Å². The van der Waals surface area contributed by atoms with E-state index < -0.39 is 0 Å². The maximum Gasteiger partial charge on any atom is 0.0626 e. The molecule has 0 spiro atoms. The fourth-order valence-corrected chi connectivity index (χ4v) is 10.1. The molecule has 0 radical (unpaired) electrons. The number of rotatable bonds is 11. The van der Waals surface area contributed by atoms with Gasteiger partial charge in [0.2, 0.25) is 0 Å². The van der Waals surface area contributed by atoms with Crippen molar-refractivity contribution in [1.29, 1.82) is 0 Å². The fourth-order valence-electron chi connectivity index (χ4n) is 10.1. The van der Waals surface area contributed by atoms with Gasteiger partial charge in [0, 0.05) is 44.4 Å². The van der Waals surface area contributed by atoms with Crippen LogP contribution in [-0.2, 0) is 5.41 Å². The number of benzene rings is 7. The van der Waals surface area contributed by atoms with Crippen LogP contribution in [0, 0.1) is 0 Å². The van der Waals surface area contributed by atoms with Gasteiger partial charge in [0.05, 0.1) is 16.7 Å². The number of hydrogen-bond donors (Lipinski definition) is 0. The van der Waals surface area contributed by atoms with E-state index in [4.69, 9.17) is 0 Å². The van der Waals surface area contributed by atoms with Gasteiger partial charge in [-0.05, 0) is 105 Å². The first-order valence-electron chi connectivity index (χ1n) is 22.1. The molecule has 0 saturated carbocycles. The van der Waals surface area contributed by atoms with Crippen molar-refractivity contribution >= 4 is 55.4 Å². The normalized spacial score (nSPS) is 13.5. The Balaban J connectivity index is 1.22. The van der Waals surface area contributed by atoms with Crippen LogP contribution in [-0.4, -0.2) is 4.40 Å². The second-order valence-corrected chi connectivity index (χ2v) is 17.0. The molecule has 0 unspecified atom stereocenters. The minimum atomic E-state index is -0.219. The van der Waals surface area contributed by atoms with Crippen LogP contribution in [0.4, 0.5) is 17.1 Å². The molecule has 2 heterocycles. The molecule has 0 N–H and O–H groups in total. The zero-order valence-electron chi connectivity index (χ0n) is 36.7. The molecule has 0 saturated heterocycles. The molecule has 1 aliphatic rings. The smallest absolute Gasteiger partial charge is 0.0626 e. The first kappa shape index (κ1) is 40.2. The van der Waals surface area contributed by atoms with E-state index in [0.29, 0.717) is 0 Å². The number of nitrogens with zero attached hydrogens (tertiary/aromatic N) is 2. The summed E-state index contributed by atoms with van der Waals surface area (Å²) in [5, 5.41) is 3.70. The summed E-state index contributed by atoms with van der Waals surface area (Å²) >= 11 is 0. The zero-order chi connectivity index (χ0) is 44.0. The molecule has 1 aliphatic carbocycles. The highest BCUT2D eigenvalue weighted by Gasteiger charge is 2.36. The lowest BCUT2D eigenvalue weighted by molar-refractivity contribution is 0.654. The fraction of sp³-hybridized carbons (Fsp3) is 0.0645. The van der Waals surface area contributed by atoms with Gasteiger partial charge in [0.15, 0.2) is 0 Å².